The molecule has 0 aliphatic carbocycles. The molecule has 2 aromatic rings. The van der Waals surface area contributed by atoms with Gasteiger partial charge in [-0.15, -0.1) is 0 Å². The molecule has 0 fully saturated rings. The number of halogens is 2. The Morgan fingerprint density at radius 2 is 2.00 bits per heavy atom. The number of carbonyl (C=O) groups is 1. The van der Waals surface area contributed by atoms with Crippen LogP contribution in [-0.4, -0.2) is 22.4 Å². The molecule has 0 atom stereocenters. The zero-order valence-electron chi connectivity index (χ0n) is 13.6. The van der Waals surface area contributed by atoms with Gasteiger partial charge in [-0.2, -0.15) is 0 Å². The minimum absolute atomic E-state index is 0.112. The number of anilines is 1. The molecule has 0 spiro atoms. The Balaban J connectivity index is 2.35. The first-order chi connectivity index (χ1) is 11.3. The monoisotopic (exact) mass is 456 g/mol. The number of hydrogen-bond acceptors (Lipinski definition) is 5. The molecule has 0 unspecified atom stereocenters. The number of amides is 1. The summed E-state index contributed by atoms with van der Waals surface area (Å²) >= 11 is 6.92. The summed E-state index contributed by atoms with van der Waals surface area (Å²) < 4.78 is 7.66. The summed E-state index contributed by atoms with van der Waals surface area (Å²) in [6.07, 6.45) is 0. The van der Waals surface area contributed by atoms with Crippen molar-refractivity contribution < 1.29 is 9.53 Å². The van der Waals surface area contributed by atoms with E-state index in [1.165, 1.54) is 0 Å². The molecule has 1 heterocycles. The van der Waals surface area contributed by atoms with E-state index in [0.29, 0.717) is 29.2 Å². The molecule has 8 heteroatoms. The largest absolute Gasteiger partial charge is 0.486 e. The molecule has 0 radical (unpaired) electrons. The molecule has 0 saturated carbocycles. The number of nitrogens with two attached hydrogens (primary N) is 1. The molecule has 2 rings (SSSR count). The smallest absolute Gasteiger partial charge is 0.255 e. The highest BCUT2D eigenvalue weighted by atomic mass is 79.9. The van der Waals surface area contributed by atoms with Gasteiger partial charge >= 0.3 is 0 Å². The van der Waals surface area contributed by atoms with E-state index in [1.54, 1.807) is 6.92 Å². The van der Waals surface area contributed by atoms with Crippen LogP contribution >= 0.6 is 31.9 Å². The highest BCUT2D eigenvalue weighted by Crippen LogP contribution is 2.33. The number of rotatable bonds is 5. The van der Waals surface area contributed by atoms with Crippen LogP contribution in [0.2, 0.25) is 0 Å². The number of benzene rings is 1. The molecule has 1 amide bonds. The highest BCUT2D eigenvalue weighted by molar-refractivity contribution is 9.11. The molecular weight excluding hydrogens is 440 g/mol. The van der Waals surface area contributed by atoms with Crippen LogP contribution in [0, 0.1) is 13.8 Å². The predicted molar refractivity (Wildman–Crippen MR) is 100 cm³/mol. The lowest BCUT2D eigenvalue weighted by atomic mass is 10.1. The summed E-state index contributed by atoms with van der Waals surface area (Å²) in [4.78, 5) is 20.5. The lowest BCUT2D eigenvalue weighted by molar-refractivity contribution is 0.0951. The van der Waals surface area contributed by atoms with Gasteiger partial charge in [0.2, 0.25) is 5.95 Å². The minimum atomic E-state index is -0.236. The van der Waals surface area contributed by atoms with Crippen molar-refractivity contribution in [2.24, 2.45) is 0 Å². The van der Waals surface area contributed by atoms with Crippen molar-refractivity contribution in [2.45, 2.75) is 27.4 Å². The van der Waals surface area contributed by atoms with Crippen molar-refractivity contribution in [3.8, 4) is 5.75 Å². The molecule has 1 aromatic carbocycles. The van der Waals surface area contributed by atoms with E-state index in [-0.39, 0.29) is 18.5 Å². The number of aryl methyl sites for hydroxylation is 2. The van der Waals surface area contributed by atoms with Gasteiger partial charge in [-0.1, -0.05) is 15.9 Å². The maximum atomic E-state index is 12.3. The van der Waals surface area contributed by atoms with Gasteiger partial charge in [0.25, 0.3) is 5.91 Å². The molecule has 128 valence electrons. The Morgan fingerprint density at radius 1 is 1.29 bits per heavy atom. The Hall–Kier alpha value is -1.67. The fourth-order valence-corrected chi connectivity index (χ4v) is 3.87. The molecule has 0 aliphatic rings. The van der Waals surface area contributed by atoms with Gasteiger partial charge in [-0.3, -0.25) is 4.79 Å². The van der Waals surface area contributed by atoms with Crippen molar-refractivity contribution in [1.29, 1.82) is 0 Å². The molecule has 6 nitrogen and oxygen atoms in total. The average Bonchev–Trinajstić information content (AvgIpc) is 2.45. The molecule has 0 aliphatic heterocycles. The first kappa shape index (κ1) is 18.7. The Labute approximate surface area is 157 Å². The SMILES string of the molecule is CCNC(=O)c1c(C)nc(N)nc1COc1c(C)cc(Br)cc1Br. The highest BCUT2D eigenvalue weighted by Gasteiger charge is 2.19. The van der Waals surface area contributed by atoms with Crippen LogP contribution in [0.25, 0.3) is 0 Å². The van der Waals surface area contributed by atoms with Crippen LogP contribution in [0.15, 0.2) is 21.1 Å². The Morgan fingerprint density at radius 3 is 2.62 bits per heavy atom. The lowest BCUT2D eigenvalue weighted by Crippen LogP contribution is -2.26. The number of aromatic nitrogens is 2. The fourth-order valence-electron chi connectivity index (χ4n) is 2.32. The van der Waals surface area contributed by atoms with E-state index < -0.39 is 0 Å². The third kappa shape index (κ3) is 4.24. The van der Waals surface area contributed by atoms with Gasteiger partial charge in [0.1, 0.15) is 12.4 Å². The predicted octanol–water partition coefficient (Wildman–Crippen LogP) is 3.53. The number of nitrogens with one attached hydrogen (secondary N) is 1. The number of nitrogens with zero attached hydrogens (tertiary/aromatic N) is 2. The molecule has 0 bridgehead atoms. The number of carbonyl (C=O) groups excluding carboxylic acids is 1. The molecule has 0 saturated heterocycles. The first-order valence-electron chi connectivity index (χ1n) is 7.33. The van der Waals surface area contributed by atoms with Gasteiger partial charge in [-0.05, 0) is 54.4 Å². The van der Waals surface area contributed by atoms with E-state index in [4.69, 9.17) is 10.5 Å². The Kier molecular flexibility index (Phi) is 6.17. The Bertz CT molecular complexity index is 758. The van der Waals surface area contributed by atoms with Crippen LogP contribution < -0.4 is 15.8 Å². The van der Waals surface area contributed by atoms with E-state index in [2.05, 4.69) is 47.1 Å². The third-order valence-corrected chi connectivity index (χ3v) is 4.34. The quantitative estimate of drug-likeness (QED) is 0.716. The summed E-state index contributed by atoms with van der Waals surface area (Å²) in [6.45, 7) is 6.15. The van der Waals surface area contributed by atoms with Crippen molar-refractivity contribution in [3.05, 3.63) is 43.6 Å². The van der Waals surface area contributed by atoms with Crippen LogP contribution in [0.1, 0.15) is 34.2 Å². The average molecular weight is 458 g/mol. The molecule has 3 N–H and O–H groups in total. The summed E-state index contributed by atoms with van der Waals surface area (Å²) in [6, 6.07) is 3.84. The van der Waals surface area contributed by atoms with E-state index in [9.17, 15) is 4.79 Å². The van der Waals surface area contributed by atoms with Gasteiger partial charge in [0, 0.05) is 11.0 Å². The lowest BCUT2D eigenvalue weighted by Gasteiger charge is -2.15. The van der Waals surface area contributed by atoms with Crippen molar-refractivity contribution >= 4 is 43.7 Å². The van der Waals surface area contributed by atoms with Crippen LogP contribution in [0.5, 0.6) is 5.75 Å². The second-order valence-electron chi connectivity index (χ2n) is 5.17. The van der Waals surface area contributed by atoms with Gasteiger partial charge in [0.15, 0.2) is 0 Å². The number of ether oxygens (including phenoxy) is 1. The van der Waals surface area contributed by atoms with E-state index in [0.717, 1.165) is 14.5 Å². The van der Waals surface area contributed by atoms with Crippen molar-refractivity contribution in [2.75, 3.05) is 12.3 Å². The summed E-state index contributed by atoms with van der Waals surface area (Å²) in [5.41, 5.74) is 8.06. The fraction of sp³-hybridized carbons (Fsp3) is 0.312. The second kappa shape index (κ2) is 7.94. The van der Waals surface area contributed by atoms with E-state index >= 15 is 0 Å². The first-order valence-corrected chi connectivity index (χ1v) is 8.91. The van der Waals surface area contributed by atoms with Gasteiger partial charge < -0.3 is 15.8 Å². The maximum Gasteiger partial charge on any atom is 0.255 e. The second-order valence-corrected chi connectivity index (χ2v) is 6.94. The summed E-state index contributed by atoms with van der Waals surface area (Å²) in [5, 5.41) is 2.76. The summed E-state index contributed by atoms with van der Waals surface area (Å²) in [5.74, 6) is 0.570. The maximum absolute atomic E-state index is 12.3. The standard InChI is InChI=1S/C16H18Br2N4O2/c1-4-20-15(23)13-9(3)21-16(19)22-12(13)7-24-14-8(2)5-10(17)6-11(14)18/h5-6H,4,7H2,1-3H3,(H,20,23)(H2,19,21,22). The number of nitrogen functional groups attached to an aromatic ring is 1. The van der Waals surface area contributed by atoms with E-state index in [1.807, 2.05) is 26.0 Å². The van der Waals surface area contributed by atoms with Crippen molar-refractivity contribution in [3.63, 3.8) is 0 Å². The zero-order valence-corrected chi connectivity index (χ0v) is 16.8. The number of hydrogen-bond donors (Lipinski definition) is 2. The minimum Gasteiger partial charge on any atom is -0.486 e. The topological polar surface area (TPSA) is 90.1 Å². The van der Waals surface area contributed by atoms with Crippen molar-refractivity contribution in [1.82, 2.24) is 15.3 Å². The van der Waals surface area contributed by atoms with Crippen LogP contribution in [-0.2, 0) is 6.61 Å². The third-order valence-electron chi connectivity index (χ3n) is 3.29. The molecular formula is C16H18Br2N4O2. The van der Waals surface area contributed by atoms with Gasteiger partial charge in [-0.25, -0.2) is 9.97 Å². The van der Waals surface area contributed by atoms with Crippen LogP contribution in [0.4, 0.5) is 5.95 Å². The summed E-state index contributed by atoms with van der Waals surface area (Å²) in [7, 11) is 0. The normalized spacial score (nSPS) is 10.5. The molecule has 24 heavy (non-hydrogen) atoms. The zero-order chi connectivity index (χ0) is 17.9. The molecule has 1 aromatic heterocycles. The van der Waals surface area contributed by atoms with Crippen LogP contribution in [0.3, 0.4) is 0 Å². The van der Waals surface area contributed by atoms with Gasteiger partial charge in [0.05, 0.1) is 21.4 Å².